The number of rotatable bonds is 5. The summed E-state index contributed by atoms with van der Waals surface area (Å²) in [7, 11) is 1.81. The molecule has 7 heteroatoms. The lowest BCUT2D eigenvalue weighted by molar-refractivity contribution is 0.0915. The van der Waals surface area contributed by atoms with E-state index in [4.69, 9.17) is 4.74 Å². The van der Waals surface area contributed by atoms with Crippen molar-refractivity contribution >= 4 is 41.3 Å². The Morgan fingerprint density at radius 1 is 1.27 bits per heavy atom. The molecule has 1 aliphatic heterocycles. The number of ether oxygens (including phenoxy) is 1. The van der Waals surface area contributed by atoms with E-state index in [1.807, 2.05) is 13.0 Å². The van der Waals surface area contributed by atoms with E-state index in [1.54, 1.807) is 18.4 Å². The number of halogens is 1. The lowest BCUT2D eigenvalue weighted by Crippen LogP contribution is -2.39. The summed E-state index contributed by atoms with van der Waals surface area (Å²) in [5.74, 6) is 1.28. The molecule has 1 aromatic heterocycles. The average Bonchev–Trinajstić information content (AvgIpc) is 3.22. The van der Waals surface area contributed by atoms with Crippen LogP contribution in [0.15, 0.2) is 35.3 Å². The molecule has 1 aromatic carbocycles. The van der Waals surface area contributed by atoms with E-state index in [2.05, 4.69) is 51.8 Å². The van der Waals surface area contributed by atoms with Gasteiger partial charge in [-0.25, -0.2) is 4.98 Å². The SMILES string of the molecule is CN=C(NCc1sc(C)nc1C)NCC1CCOC1c1ccccc1.I. The van der Waals surface area contributed by atoms with Gasteiger partial charge < -0.3 is 15.4 Å². The van der Waals surface area contributed by atoms with E-state index in [1.165, 1.54) is 10.4 Å². The van der Waals surface area contributed by atoms with E-state index in [-0.39, 0.29) is 30.1 Å². The first-order valence-corrected chi connectivity index (χ1v) is 9.53. The summed E-state index contributed by atoms with van der Waals surface area (Å²) >= 11 is 1.73. The second-order valence-electron chi connectivity index (χ2n) is 6.30. The zero-order chi connectivity index (χ0) is 17.6. The lowest BCUT2D eigenvalue weighted by Gasteiger charge is -2.20. The van der Waals surface area contributed by atoms with Crippen LogP contribution in [0.1, 0.15) is 33.7 Å². The van der Waals surface area contributed by atoms with Gasteiger partial charge in [-0.05, 0) is 25.8 Å². The summed E-state index contributed by atoms with van der Waals surface area (Å²) in [6.07, 6.45) is 1.23. The van der Waals surface area contributed by atoms with Crippen molar-refractivity contribution in [2.75, 3.05) is 20.2 Å². The molecule has 142 valence electrons. The van der Waals surface area contributed by atoms with E-state index in [0.29, 0.717) is 5.92 Å². The molecule has 26 heavy (non-hydrogen) atoms. The molecule has 3 rings (SSSR count). The van der Waals surface area contributed by atoms with Gasteiger partial charge in [0.25, 0.3) is 0 Å². The van der Waals surface area contributed by atoms with Gasteiger partial charge in [0.1, 0.15) is 0 Å². The molecule has 1 saturated heterocycles. The fraction of sp³-hybridized carbons (Fsp3) is 0.474. The third-order valence-corrected chi connectivity index (χ3v) is 5.59. The number of aromatic nitrogens is 1. The Labute approximate surface area is 176 Å². The summed E-state index contributed by atoms with van der Waals surface area (Å²) in [6.45, 7) is 6.51. The first-order valence-electron chi connectivity index (χ1n) is 8.71. The summed E-state index contributed by atoms with van der Waals surface area (Å²) in [6, 6.07) is 10.5. The van der Waals surface area contributed by atoms with E-state index >= 15 is 0 Å². The van der Waals surface area contributed by atoms with Crippen LogP contribution in [0.2, 0.25) is 0 Å². The zero-order valence-electron chi connectivity index (χ0n) is 15.5. The Balaban J connectivity index is 0.00000243. The van der Waals surface area contributed by atoms with Crippen molar-refractivity contribution in [3.63, 3.8) is 0 Å². The molecule has 2 heterocycles. The van der Waals surface area contributed by atoms with Crippen molar-refractivity contribution in [2.45, 2.75) is 32.9 Å². The minimum Gasteiger partial charge on any atom is -0.373 e. The summed E-state index contributed by atoms with van der Waals surface area (Å²) in [5.41, 5.74) is 2.35. The number of benzene rings is 1. The fourth-order valence-electron chi connectivity index (χ4n) is 3.20. The first kappa shape index (κ1) is 21.1. The molecule has 0 amide bonds. The Morgan fingerprint density at radius 3 is 2.69 bits per heavy atom. The molecule has 1 fully saturated rings. The monoisotopic (exact) mass is 486 g/mol. The summed E-state index contributed by atoms with van der Waals surface area (Å²) < 4.78 is 5.96. The highest BCUT2D eigenvalue weighted by molar-refractivity contribution is 14.0. The Morgan fingerprint density at radius 2 is 2.04 bits per heavy atom. The summed E-state index contributed by atoms with van der Waals surface area (Å²) in [4.78, 5) is 10.1. The standard InChI is InChI=1S/C19H26N4OS.HI/c1-13-17(25-14(2)23-13)12-22-19(20-3)21-11-16-9-10-24-18(16)15-7-5-4-6-8-15;/h4-8,16,18H,9-12H2,1-3H3,(H2,20,21,22);1H. The van der Waals surface area contributed by atoms with Gasteiger partial charge in [0.05, 0.1) is 23.4 Å². The highest BCUT2D eigenvalue weighted by Crippen LogP contribution is 2.33. The predicted octanol–water partition coefficient (Wildman–Crippen LogP) is 3.82. The van der Waals surface area contributed by atoms with Crippen LogP contribution in [0.5, 0.6) is 0 Å². The third kappa shape index (κ3) is 5.40. The Bertz CT molecular complexity index is 720. The maximum absolute atomic E-state index is 5.96. The second kappa shape index (κ2) is 10.2. The molecule has 2 N–H and O–H groups in total. The number of aliphatic imine (C=N–C) groups is 1. The Hall–Kier alpha value is -1.19. The molecule has 5 nitrogen and oxygen atoms in total. The van der Waals surface area contributed by atoms with Crippen molar-refractivity contribution in [2.24, 2.45) is 10.9 Å². The first-order chi connectivity index (χ1) is 12.2. The normalized spacial score (nSPS) is 19.9. The van der Waals surface area contributed by atoms with Gasteiger partial charge in [-0.3, -0.25) is 4.99 Å². The molecule has 0 bridgehead atoms. The van der Waals surface area contributed by atoms with Crippen LogP contribution < -0.4 is 10.6 Å². The number of hydrogen-bond donors (Lipinski definition) is 2. The zero-order valence-corrected chi connectivity index (χ0v) is 18.6. The van der Waals surface area contributed by atoms with Gasteiger partial charge in [-0.2, -0.15) is 0 Å². The highest BCUT2D eigenvalue weighted by Gasteiger charge is 2.29. The number of guanidine groups is 1. The van der Waals surface area contributed by atoms with Gasteiger partial charge in [-0.1, -0.05) is 30.3 Å². The van der Waals surface area contributed by atoms with Crippen LogP contribution in [0.25, 0.3) is 0 Å². The van der Waals surface area contributed by atoms with Crippen molar-refractivity contribution in [1.29, 1.82) is 0 Å². The van der Waals surface area contributed by atoms with Crippen LogP contribution in [0, 0.1) is 19.8 Å². The molecule has 0 aliphatic carbocycles. The molecule has 2 aromatic rings. The molecule has 0 saturated carbocycles. The van der Waals surface area contributed by atoms with Crippen molar-refractivity contribution in [3.05, 3.63) is 51.5 Å². The quantitative estimate of drug-likeness (QED) is 0.384. The van der Waals surface area contributed by atoms with Crippen LogP contribution in [0.3, 0.4) is 0 Å². The number of aryl methyl sites for hydroxylation is 2. The van der Waals surface area contributed by atoms with Gasteiger partial charge in [0.15, 0.2) is 5.96 Å². The minimum atomic E-state index is 0. The van der Waals surface area contributed by atoms with E-state index < -0.39 is 0 Å². The van der Waals surface area contributed by atoms with Crippen molar-refractivity contribution in [1.82, 2.24) is 15.6 Å². The van der Waals surface area contributed by atoms with Gasteiger partial charge in [-0.15, -0.1) is 35.3 Å². The second-order valence-corrected chi connectivity index (χ2v) is 7.59. The molecular formula is C19H27IN4OS. The van der Waals surface area contributed by atoms with Gasteiger partial charge in [0, 0.05) is 31.0 Å². The van der Waals surface area contributed by atoms with E-state index in [9.17, 15) is 0 Å². The summed E-state index contributed by atoms with van der Waals surface area (Å²) in [5, 5.41) is 7.94. The van der Waals surface area contributed by atoms with Crippen LogP contribution in [0.4, 0.5) is 0 Å². The number of hydrogen-bond acceptors (Lipinski definition) is 4. The Kier molecular flexibility index (Phi) is 8.30. The van der Waals surface area contributed by atoms with E-state index in [0.717, 1.165) is 42.8 Å². The molecule has 2 unspecified atom stereocenters. The fourth-order valence-corrected chi connectivity index (χ4v) is 4.08. The van der Waals surface area contributed by atoms with Crippen molar-refractivity contribution in [3.8, 4) is 0 Å². The minimum absolute atomic E-state index is 0. The lowest BCUT2D eigenvalue weighted by atomic mass is 9.95. The molecule has 0 spiro atoms. The molecular weight excluding hydrogens is 459 g/mol. The maximum atomic E-state index is 5.96. The third-order valence-electron chi connectivity index (χ3n) is 4.51. The smallest absolute Gasteiger partial charge is 0.191 e. The van der Waals surface area contributed by atoms with Crippen LogP contribution in [-0.4, -0.2) is 31.1 Å². The predicted molar refractivity (Wildman–Crippen MR) is 118 cm³/mol. The average molecular weight is 486 g/mol. The molecule has 2 atom stereocenters. The van der Waals surface area contributed by atoms with Crippen molar-refractivity contribution < 1.29 is 4.74 Å². The largest absolute Gasteiger partial charge is 0.373 e. The van der Waals surface area contributed by atoms with Crippen LogP contribution >= 0.6 is 35.3 Å². The highest BCUT2D eigenvalue weighted by atomic mass is 127. The van der Waals surface area contributed by atoms with Crippen LogP contribution in [-0.2, 0) is 11.3 Å². The number of thiazole rings is 1. The molecule has 1 aliphatic rings. The van der Waals surface area contributed by atoms with Gasteiger partial charge >= 0.3 is 0 Å². The van der Waals surface area contributed by atoms with Gasteiger partial charge in [0.2, 0.25) is 0 Å². The topological polar surface area (TPSA) is 58.5 Å². The molecule has 0 radical (unpaired) electrons. The number of nitrogens with zero attached hydrogens (tertiary/aromatic N) is 2. The maximum Gasteiger partial charge on any atom is 0.191 e. The number of nitrogens with one attached hydrogen (secondary N) is 2.